The van der Waals surface area contributed by atoms with E-state index in [1.54, 1.807) is 6.07 Å². The van der Waals surface area contributed by atoms with E-state index in [1.807, 2.05) is 0 Å². The van der Waals surface area contributed by atoms with Crippen molar-refractivity contribution < 1.29 is 12.8 Å². The first-order valence-corrected chi connectivity index (χ1v) is 9.11. The Kier molecular flexibility index (Phi) is 4.47. The third kappa shape index (κ3) is 4.18. The highest BCUT2D eigenvalue weighted by atomic mass is 32.2. The quantitative estimate of drug-likeness (QED) is 0.723. The van der Waals surface area contributed by atoms with Crippen molar-refractivity contribution in [3.8, 4) is 0 Å². The third-order valence-corrected chi connectivity index (χ3v) is 5.25. The van der Waals surface area contributed by atoms with Gasteiger partial charge in [0.1, 0.15) is 5.76 Å². The third-order valence-electron chi connectivity index (χ3n) is 3.92. The molecule has 2 aliphatic rings. The summed E-state index contributed by atoms with van der Waals surface area (Å²) >= 11 is 0. The van der Waals surface area contributed by atoms with Gasteiger partial charge in [-0.2, -0.15) is 0 Å². The van der Waals surface area contributed by atoms with Crippen LogP contribution in [0.4, 0.5) is 0 Å². The van der Waals surface area contributed by atoms with Gasteiger partial charge in [-0.15, -0.1) is 0 Å². The van der Waals surface area contributed by atoms with Gasteiger partial charge in [0, 0.05) is 12.6 Å². The van der Waals surface area contributed by atoms with Crippen LogP contribution in [0, 0.1) is 0 Å². The Labute approximate surface area is 125 Å². The Morgan fingerprint density at radius 3 is 2.86 bits per heavy atom. The van der Waals surface area contributed by atoms with E-state index in [0.717, 1.165) is 19.3 Å². The Morgan fingerprint density at radius 1 is 1.29 bits per heavy atom. The van der Waals surface area contributed by atoms with E-state index in [1.165, 1.54) is 30.9 Å². The molecular formula is C15H22N2O3S. The first-order chi connectivity index (χ1) is 10.1. The molecule has 2 aliphatic carbocycles. The van der Waals surface area contributed by atoms with E-state index in [-0.39, 0.29) is 5.09 Å². The molecule has 0 aromatic carbocycles. The molecule has 0 saturated heterocycles. The molecule has 21 heavy (non-hydrogen) atoms. The smallest absolute Gasteiger partial charge is 0.273 e. The fourth-order valence-corrected chi connectivity index (χ4v) is 3.49. The van der Waals surface area contributed by atoms with Gasteiger partial charge in [0.05, 0.1) is 6.54 Å². The van der Waals surface area contributed by atoms with Crippen LogP contribution in [0.2, 0.25) is 0 Å². The van der Waals surface area contributed by atoms with Crippen molar-refractivity contribution in [2.24, 2.45) is 0 Å². The average Bonchev–Trinajstić information content (AvgIpc) is 2.93. The summed E-state index contributed by atoms with van der Waals surface area (Å²) in [6.07, 6.45) is 8.81. The SMILES string of the molecule is O=S(=O)(NCCC1=CCCC1)c1ccc(CNC2CC2)o1. The van der Waals surface area contributed by atoms with Gasteiger partial charge >= 0.3 is 0 Å². The van der Waals surface area contributed by atoms with Crippen LogP contribution in [-0.2, 0) is 16.6 Å². The van der Waals surface area contributed by atoms with Crippen LogP contribution in [0.25, 0.3) is 0 Å². The van der Waals surface area contributed by atoms with Gasteiger partial charge in [-0.05, 0) is 50.7 Å². The van der Waals surface area contributed by atoms with Crippen molar-refractivity contribution >= 4 is 10.0 Å². The minimum atomic E-state index is -3.53. The van der Waals surface area contributed by atoms with Crippen molar-refractivity contribution in [2.75, 3.05) is 6.54 Å². The van der Waals surface area contributed by atoms with Gasteiger partial charge in [-0.25, -0.2) is 13.1 Å². The molecule has 1 heterocycles. The zero-order chi connectivity index (χ0) is 14.7. The lowest BCUT2D eigenvalue weighted by Crippen LogP contribution is -2.24. The summed E-state index contributed by atoms with van der Waals surface area (Å²) in [7, 11) is -3.53. The van der Waals surface area contributed by atoms with E-state index >= 15 is 0 Å². The van der Waals surface area contributed by atoms with Crippen LogP contribution in [0.3, 0.4) is 0 Å². The first kappa shape index (κ1) is 14.8. The Balaban J connectivity index is 1.50. The van der Waals surface area contributed by atoms with Gasteiger partial charge in [-0.3, -0.25) is 0 Å². The highest BCUT2D eigenvalue weighted by molar-refractivity contribution is 7.89. The molecule has 5 nitrogen and oxygen atoms in total. The van der Waals surface area contributed by atoms with Crippen molar-refractivity contribution in [3.63, 3.8) is 0 Å². The van der Waals surface area contributed by atoms with E-state index in [4.69, 9.17) is 4.42 Å². The second-order valence-corrected chi connectivity index (χ2v) is 7.48. The molecule has 1 aromatic heterocycles. The summed E-state index contributed by atoms with van der Waals surface area (Å²) in [5.74, 6) is 0.667. The summed E-state index contributed by atoms with van der Waals surface area (Å²) in [6.45, 7) is 1.03. The van der Waals surface area contributed by atoms with Crippen LogP contribution >= 0.6 is 0 Å². The predicted molar refractivity (Wildman–Crippen MR) is 80.3 cm³/mol. The minimum absolute atomic E-state index is 0.00972. The molecule has 2 N–H and O–H groups in total. The summed E-state index contributed by atoms with van der Waals surface area (Å²) < 4.78 is 32.3. The molecule has 116 valence electrons. The molecule has 0 unspecified atom stereocenters. The minimum Gasteiger partial charge on any atom is -0.447 e. The van der Waals surface area contributed by atoms with Crippen LogP contribution in [-0.4, -0.2) is 21.0 Å². The maximum Gasteiger partial charge on any atom is 0.273 e. The summed E-state index contributed by atoms with van der Waals surface area (Å²) in [6, 6.07) is 3.83. The molecule has 6 heteroatoms. The number of rotatable bonds is 8. The maximum atomic E-state index is 12.1. The number of furan rings is 1. The number of allylic oxidation sites excluding steroid dienone is 1. The summed E-state index contributed by atoms with van der Waals surface area (Å²) in [4.78, 5) is 0. The lowest BCUT2D eigenvalue weighted by molar-refractivity contribution is 0.399. The lowest BCUT2D eigenvalue weighted by atomic mass is 10.2. The standard InChI is InChI=1S/C15H22N2O3S/c18-21(19,17-10-9-12-3-1-2-4-12)15-8-7-14(20-15)11-16-13-5-6-13/h3,7-8,13,16-17H,1-2,4-6,9-11H2. The van der Waals surface area contributed by atoms with E-state index in [2.05, 4.69) is 16.1 Å². The molecule has 0 amide bonds. The molecule has 0 radical (unpaired) electrons. The highest BCUT2D eigenvalue weighted by Crippen LogP contribution is 2.21. The van der Waals surface area contributed by atoms with Gasteiger partial charge in [0.25, 0.3) is 10.0 Å². The zero-order valence-electron chi connectivity index (χ0n) is 12.1. The Bertz CT molecular complexity index is 615. The van der Waals surface area contributed by atoms with Gasteiger partial charge in [-0.1, -0.05) is 11.6 Å². The Hall–Kier alpha value is -1.11. The molecule has 1 fully saturated rings. The normalized spacial score (nSPS) is 19.0. The largest absolute Gasteiger partial charge is 0.447 e. The second kappa shape index (κ2) is 6.34. The van der Waals surface area contributed by atoms with Crippen LogP contribution in [0.1, 0.15) is 44.3 Å². The number of hydrogen-bond acceptors (Lipinski definition) is 4. The number of nitrogens with one attached hydrogen (secondary N) is 2. The molecule has 0 atom stereocenters. The van der Waals surface area contributed by atoms with Crippen molar-refractivity contribution in [3.05, 3.63) is 29.5 Å². The maximum absolute atomic E-state index is 12.1. The summed E-state index contributed by atoms with van der Waals surface area (Å²) in [5.41, 5.74) is 1.35. The molecule has 0 spiro atoms. The number of hydrogen-bond donors (Lipinski definition) is 2. The van der Waals surface area contributed by atoms with Crippen molar-refractivity contribution in [2.45, 2.75) is 56.2 Å². The molecule has 1 aromatic rings. The number of sulfonamides is 1. The van der Waals surface area contributed by atoms with E-state index in [9.17, 15) is 8.42 Å². The first-order valence-electron chi connectivity index (χ1n) is 7.63. The lowest BCUT2D eigenvalue weighted by Gasteiger charge is -2.05. The van der Waals surface area contributed by atoms with Crippen LogP contribution in [0.15, 0.2) is 33.3 Å². The fraction of sp³-hybridized carbons (Fsp3) is 0.600. The zero-order valence-corrected chi connectivity index (χ0v) is 12.9. The predicted octanol–water partition coefficient (Wildman–Crippen LogP) is 2.31. The molecule has 0 bridgehead atoms. The van der Waals surface area contributed by atoms with Crippen molar-refractivity contribution in [1.82, 2.24) is 10.0 Å². The molecule has 0 aliphatic heterocycles. The van der Waals surface area contributed by atoms with Gasteiger partial charge in [0.15, 0.2) is 0 Å². The Morgan fingerprint density at radius 2 is 2.14 bits per heavy atom. The van der Waals surface area contributed by atoms with Gasteiger partial charge < -0.3 is 9.73 Å². The second-order valence-electron chi connectivity index (χ2n) is 5.78. The molecular weight excluding hydrogens is 288 g/mol. The van der Waals surface area contributed by atoms with Gasteiger partial charge in [0.2, 0.25) is 5.09 Å². The van der Waals surface area contributed by atoms with Crippen molar-refractivity contribution in [1.29, 1.82) is 0 Å². The molecule has 3 rings (SSSR count). The van der Waals surface area contributed by atoms with E-state index < -0.39 is 10.0 Å². The fourth-order valence-electron chi connectivity index (χ4n) is 2.51. The van der Waals surface area contributed by atoms with E-state index in [0.29, 0.717) is 24.9 Å². The van der Waals surface area contributed by atoms with Crippen LogP contribution in [0.5, 0.6) is 0 Å². The van der Waals surface area contributed by atoms with Crippen LogP contribution < -0.4 is 10.0 Å². The average molecular weight is 310 g/mol. The topological polar surface area (TPSA) is 71.3 Å². The monoisotopic (exact) mass is 310 g/mol. The summed E-state index contributed by atoms with van der Waals surface area (Å²) in [5, 5.41) is 3.31. The molecule has 1 saturated carbocycles. The highest BCUT2D eigenvalue weighted by Gasteiger charge is 2.22.